The number of nitrogens with zero attached hydrogens (tertiary/aromatic N) is 3. The van der Waals surface area contributed by atoms with Gasteiger partial charge in [0.1, 0.15) is 6.33 Å². The lowest BCUT2D eigenvalue weighted by molar-refractivity contribution is 0.654. The highest BCUT2D eigenvalue weighted by molar-refractivity contribution is 5.55. The van der Waals surface area contributed by atoms with Gasteiger partial charge in [0.25, 0.3) is 0 Å². The first-order valence-corrected chi connectivity index (χ1v) is 5.46. The van der Waals surface area contributed by atoms with Crippen LogP contribution in [0.2, 0.25) is 0 Å². The summed E-state index contributed by atoms with van der Waals surface area (Å²) in [6.07, 6.45) is 2.70. The maximum Gasteiger partial charge on any atom is 0.163 e. The minimum absolute atomic E-state index is 0.686. The Morgan fingerprint density at radius 1 is 1.38 bits per heavy atom. The van der Waals surface area contributed by atoms with E-state index >= 15 is 0 Å². The third-order valence-electron chi connectivity index (χ3n) is 2.49. The summed E-state index contributed by atoms with van der Waals surface area (Å²) < 4.78 is 2.04. The molecule has 2 rings (SSSR count). The first-order chi connectivity index (χ1) is 7.81. The number of nitrogens with two attached hydrogens (primary N) is 1. The molecule has 2 aromatic rings. The van der Waals surface area contributed by atoms with Crippen LogP contribution in [-0.2, 0) is 6.54 Å². The molecule has 0 radical (unpaired) electrons. The van der Waals surface area contributed by atoms with Crippen LogP contribution < -0.4 is 5.73 Å². The van der Waals surface area contributed by atoms with Gasteiger partial charge in [0.05, 0.1) is 0 Å². The molecule has 0 atom stereocenters. The lowest BCUT2D eigenvalue weighted by atomic mass is 10.1. The molecule has 0 amide bonds. The topological polar surface area (TPSA) is 56.7 Å². The normalized spacial score (nSPS) is 10.6. The number of aromatic nitrogens is 3. The largest absolute Gasteiger partial charge is 0.330 e. The van der Waals surface area contributed by atoms with E-state index in [2.05, 4.69) is 35.3 Å². The van der Waals surface area contributed by atoms with Crippen molar-refractivity contribution in [1.29, 1.82) is 0 Å². The van der Waals surface area contributed by atoms with Crippen molar-refractivity contribution >= 4 is 0 Å². The maximum atomic E-state index is 5.50. The van der Waals surface area contributed by atoms with Gasteiger partial charge in [-0.1, -0.05) is 23.8 Å². The van der Waals surface area contributed by atoms with Gasteiger partial charge in [0, 0.05) is 12.1 Å². The van der Waals surface area contributed by atoms with Gasteiger partial charge < -0.3 is 10.3 Å². The number of benzene rings is 1. The number of aryl methyl sites for hydroxylation is 2. The predicted molar refractivity (Wildman–Crippen MR) is 63.9 cm³/mol. The van der Waals surface area contributed by atoms with Gasteiger partial charge >= 0.3 is 0 Å². The van der Waals surface area contributed by atoms with E-state index in [0.29, 0.717) is 6.54 Å². The third kappa shape index (κ3) is 2.28. The molecule has 0 bridgehead atoms. The van der Waals surface area contributed by atoms with E-state index in [9.17, 15) is 0 Å². The molecule has 84 valence electrons. The van der Waals surface area contributed by atoms with E-state index in [1.807, 2.05) is 10.6 Å². The molecule has 1 heterocycles. The molecule has 1 aromatic carbocycles. The molecular formula is C12H16N4. The Hall–Kier alpha value is -1.68. The lowest BCUT2D eigenvalue weighted by Crippen LogP contribution is -2.06. The highest BCUT2D eigenvalue weighted by atomic mass is 15.3. The summed E-state index contributed by atoms with van der Waals surface area (Å²) in [7, 11) is 0. The minimum atomic E-state index is 0.686. The van der Waals surface area contributed by atoms with E-state index in [1.54, 1.807) is 6.33 Å². The van der Waals surface area contributed by atoms with Crippen molar-refractivity contribution in [1.82, 2.24) is 14.8 Å². The first-order valence-electron chi connectivity index (χ1n) is 5.46. The standard InChI is InChI=1S/C12H16N4/c1-10-4-2-5-11(8-10)12-15-14-9-16(12)7-3-6-13/h2,4-5,8-9H,3,6-7,13H2,1H3. The zero-order chi connectivity index (χ0) is 11.4. The minimum Gasteiger partial charge on any atom is -0.330 e. The average Bonchev–Trinajstić information content (AvgIpc) is 2.74. The maximum absolute atomic E-state index is 5.50. The Kier molecular flexibility index (Phi) is 3.31. The molecule has 2 N–H and O–H groups in total. The molecule has 4 nitrogen and oxygen atoms in total. The lowest BCUT2D eigenvalue weighted by Gasteiger charge is -2.05. The second-order valence-electron chi connectivity index (χ2n) is 3.86. The van der Waals surface area contributed by atoms with E-state index < -0.39 is 0 Å². The van der Waals surface area contributed by atoms with Crippen molar-refractivity contribution in [3.05, 3.63) is 36.2 Å². The SMILES string of the molecule is Cc1cccc(-c2nncn2CCCN)c1. The van der Waals surface area contributed by atoms with Crippen LogP contribution in [0.1, 0.15) is 12.0 Å². The van der Waals surface area contributed by atoms with Crippen molar-refractivity contribution < 1.29 is 0 Å². The molecule has 16 heavy (non-hydrogen) atoms. The Bertz CT molecular complexity index is 462. The zero-order valence-corrected chi connectivity index (χ0v) is 9.43. The number of hydrogen-bond acceptors (Lipinski definition) is 3. The number of rotatable bonds is 4. The molecule has 0 aliphatic carbocycles. The fraction of sp³-hybridized carbons (Fsp3) is 0.333. The van der Waals surface area contributed by atoms with Gasteiger partial charge in [-0.2, -0.15) is 0 Å². The van der Waals surface area contributed by atoms with Crippen molar-refractivity contribution in [3.8, 4) is 11.4 Å². The van der Waals surface area contributed by atoms with Crippen molar-refractivity contribution in [2.45, 2.75) is 19.9 Å². The van der Waals surface area contributed by atoms with Crippen LogP contribution in [0, 0.1) is 6.92 Å². The van der Waals surface area contributed by atoms with Crippen LogP contribution in [0.15, 0.2) is 30.6 Å². The Morgan fingerprint density at radius 2 is 2.25 bits per heavy atom. The van der Waals surface area contributed by atoms with Crippen LogP contribution in [0.4, 0.5) is 0 Å². The Labute approximate surface area is 95.1 Å². The van der Waals surface area contributed by atoms with E-state index in [4.69, 9.17) is 5.73 Å². The van der Waals surface area contributed by atoms with E-state index in [1.165, 1.54) is 5.56 Å². The van der Waals surface area contributed by atoms with Crippen molar-refractivity contribution in [2.24, 2.45) is 5.73 Å². The molecule has 0 aliphatic heterocycles. The van der Waals surface area contributed by atoms with E-state index in [-0.39, 0.29) is 0 Å². The second kappa shape index (κ2) is 4.90. The predicted octanol–water partition coefficient (Wildman–Crippen LogP) is 1.60. The van der Waals surface area contributed by atoms with Crippen LogP contribution in [0.5, 0.6) is 0 Å². The summed E-state index contributed by atoms with van der Waals surface area (Å²) >= 11 is 0. The highest BCUT2D eigenvalue weighted by Crippen LogP contribution is 2.17. The van der Waals surface area contributed by atoms with E-state index in [0.717, 1.165) is 24.4 Å². The van der Waals surface area contributed by atoms with Gasteiger partial charge in [0.2, 0.25) is 0 Å². The van der Waals surface area contributed by atoms with Crippen LogP contribution in [0.3, 0.4) is 0 Å². The number of hydrogen-bond donors (Lipinski definition) is 1. The third-order valence-corrected chi connectivity index (χ3v) is 2.49. The van der Waals surface area contributed by atoms with Gasteiger partial charge in [0.15, 0.2) is 5.82 Å². The van der Waals surface area contributed by atoms with Crippen molar-refractivity contribution in [2.75, 3.05) is 6.54 Å². The van der Waals surface area contributed by atoms with Gasteiger partial charge in [-0.3, -0.25) is 0 Å². The van der Waals surface area contributed by atoms with Crippen LogP contribution in [-0.4, -0.2) is 21.3 Å². The van der Waals surface area contributed by atoms with Crippen molar-refractivity contribution in [3.63, 3.8) is 0 Å². The fourth-order valence-corrected chi connectivity index (χ4v) is 1.69. The summed E-state index contributed by atoms with van der Waals surface area (Å²) in [5.41, 5.74) is 7.84. The zero-order valence-electron chi connectivity index (χ0n) is 9.43. The Balaban J connectivity index is 2.29. The quantitative estimate of drug-likeness (QED) is 0.844. The van der Waals surface area contributed by atoms with Gasteiger partial charge in [-0.05, 0) is 26.0 Å². The monoisotopic (exact) mass is 216 g/mol. The van der Waals surface area contributed by atoms with Gasteiger partial charge in [-0.15, -0.1) is 10.2 Å². The molecule has 0 saturated carbocycles. The molecule has 4 heteroatoms. The summed E-state index contributed by atoms with van der Waals surface area (Å²) in [4.78, 5) is 0. The summed E-state index contributed by atoms with van der Waals surface area (Å²) in [5.74, 6) is 0.914. The molecule has 0 spiro atoms. The Morgan fingerprint density at radius 3 is 3.00 bits per heavy atom. The fourth-order valence-electron chi connectivity index (χ4n) is 1.69. The second-order valence-corrected chi connectivity index (χ2v) is 3.86. The molecule has 0 aliphatic rings. The van der Waals surface area contributed by atoms with Crippen LogP contribution in [0.25, 0.3) is 11.4 Å². The molecule has 0 fully saturated rings. The summed E-state index contributed by atoms with van der Waals surface area (Å²) in [6.45, 7) is 3.63. The summed E-state index contributed by atoms with van der Waals surface area (Å²) in [6, 6.07) is 8.27. The average molecular weight is 216 g/mol. The molecular weight excluding hydrogens is 200 g/mol. The molecule has 0 saturated heterocycles. The molecule has 1 aromatic heterocycles. The smallest absolute Gasteiger partial charge is 0.163 e. The molecule has 0 unspecified atom stereocenters. The van der Waals surface area contributed by atoms with Crippen LogP contribution >= 0.6 is 0 Å². The first kappa shape index (κ1) is 10.8. The highest BCUT2D eigenvalue weighted by Gasteiger charge is 2.06. The van der Waals surface area contributed by atoms with Gasteiger partial charge in [-0.25, -0.2) is 0 Å². The summed E-state index contributed by atoms with van der Waals surface area (Å²) in [5, 5.41) is 8.11.